The Hall–Kier alpha value is -2.29. The first-order valence-electron chi connectivity index (χ1n) is 11.5. The fourth-order valence-corrected chi connectivity index (χ4v) is 5.37. The number of hydrogen-bond donors (Lipinski definition) is 1. The van der Waals surface area contributed by atoms with Gasteiger partial charge in [0.15, 0.2) is 0 Å². The molecule has 1 saturated carbocycles. The van der Waals surface area contributed by atoms with Crippen LogP contribution in [0.25, 0.3) is 0 Å². The van der Waals surface area contributed by atoms with Crippen LogP contribution in [0.4, 0.5) is 5.69 Å². The lowest BCUT2D eigenvalue weighted by Crippen LogP contribution is -2.52. The van der Waals surface area contributed by atoms with Crippen LogP contribution in [0, 0.1) is 6.92 Å². The summed E-state index contributed by atoms with van der Waals surface area (Å²) in [5, 5.41) is 3.49. The Morgan fingerprint density at radius 2 is 1.77 bits per heavy atom. The van der Waals surface area contributed by atoms with Crippen LogP contribution in [-0.2, 0) is 26.2 Å². The highest BCUT2D eigenvalue weighted by Crippen LogP contribution is 2.28. The van der Waals surface area contributed by atoms with Gasteiger partial charge in [0.2, 0.25) is 21.8 Å². The molecule has 1 aliphatic carbocycles. The fraction of sp³-hybridized carbons (Fsp3) is 0.440. The first-order valence-corrected chi connectivity index (χ1v) is 14.1. The van der Waals surface area contributed by atoms with E-state index in [9.17, 15) is 18.0 Å². The minimum atomic E-state index is -3.84. The number of halogens is 2. The lowest BCUT2D eigenvalue weighted by molar-refractivity contribution is -0.139. The van der Waals surface area contributed by atoms with Crippen molar-refractivity contribution in [2.75, 3.05) is 17.1 Å². The largest absolute Gasteiger partial charge is 0.352 e. The van der Waals surface area contributed by atoms with Gasteiger partial charge in [-0.25, -0.2) is 8.42 Å². The summed E-state index contributed by atoms with van der Waals surface area (Å²) in [6.07, 6.45) is 4.99. The van der Waals surface area contributed by atoms with Crippen molar-refractivity contribution in [1.29, 1.82) is 0 Å². The lowest BCUT2D eigenvalue weighted by atomic mass is 10.1. The second kappa shape index (κ2) is 11.6. The van der Waals surface area contributed by atoms with Gasteiger partial charge in [-0.15, -0.1) is 0 Å². The van der Waals surface area contributed by atoms with Gasteiger partial charge in [0.05, 0.1) is 22.0 Å². The molecule has 7 nitrogen and oxygen atoms in total. The number of hydrogen-bond acceptors (Lipinski definition) is 4. The van der Waals surface area contributed by atoms with Crippen molar-refractivity contribution in [3.8, 4) is 0 Å². The van der Waals surface area contributed by atoms with E-state index in [0.717, 1.165) is 47.4 Å². The molecule has 1 fully saturated rings. The van der Waals surface area contributed by atoms with Gasteiger partial charge in [-0.2, -0.15) is 0 Å². The molecular formula is C25H31Cl2N3O4S. The summed E-state index contributed by atoms with van der Waals surface area (Å²) in [6.45, 7) is 3.30. The number of aryl methyl sites for hydroxylation is 1. The van der Waals surface area contributed by atoms with Crippen LogP contribution < -0.4 is 9.62 Å². The molecule has 3 rings (SSSR count). The molecule has 0 spiro atoms. The van der Waals surface area contributed by atoms with Gasteiger partial charge < -0.3 is 10.2 Å². The SMILES string of the molecule is Cc1cccc(CN(C(=O)CN(c2ccc(Cl)c(Cl)c2)S(C)(=O)=O)[C@@H](C)C(=O)NC2CCCC2)c1. The molecular weight excluding hydrogens is 509 g/mol. The Bertz CT molecular complexity index is 1180. The second-order valence-corrected chi connectivity index (χ2v) is 11.8. The van der Waals surface area contributed by atoms with E-state index in [0.29, 0.717) is 0 Å². The third kappa shape index (κ3) is 7.35. The molecule has 1 N–H and O–H groups in total. The standard InChI is InChI=1S/C25H31Cl2N3O4S/c1-17-7-6-8-19(13-17)15-29(18(2)25(32)28-20-9-4-5-10-20)24(31)16-30(35(3,33)34)21-11-12-22(26)23(27)14-21/h6-8,11-14,18,20H,4-5,9-10,15-16H2,1-3H3,(H,28,32)/t18-/m0/s1. The summed E-state index contributed by atoms with van der Waals surface area (Å²) in [6, 6.07) is 11.3. The maximum atomic E-state index is 13.6. The Kier molecular flexibility index (Phi) is 9.07. The monoisotopic (exact) mass is 539 g/mol. The third-order valence-corrected chi connectivity index (χ3v) is 8.05. The van der Waals surface area contributed by atoms with Crippen molar-refractivity contribution >= 4 is 50.7 Å². The van der Waals surface area contributed by atoms with Crippen LogP contribution in [0.2, 0.25) is 10.0 Å². The smallest absolute Gasteiger partial charge is 0.244 e. The fourth-order valence-electron chi connectivity index (χ4n) is 4.24. The van der Waals surface area contributed by atoms with Crippen molar-refractivity contribution in [2.45, 2.75) is 58.2 Å². The first-order chi connectivity index (χ1) is 16.5. The molecule has 190 valence electrons. The number of anilines is 1. The van der Waals surface area contributed by atoms with Crippen molar-refractivity contribution in [3.63, 3.8) is 0 Å². The van der Waals surface area contributed by atoms with E-state index in [1.165, 1.54) is 23.1 Å². The summed E-state index contributed by atoms with van der Waals surface area (Å²) in [5.74, 6) is -0.754. The maximum absolute atomic E-state index is 13.6. The molecule has 2 aromatic carbocycles. The molecule has 0 heterocycles. The molecule has 2 amide bonds. The zero-order valence-corrected chi connectivity index (χ0v) is 22.5. The summed E-state index contributed by atoms with van der Waals surface area (Å²) in [7, 11) is -3.84. The van der Waals surface area contributed by atoms with Gasteiger partial charge in [0, 0.05) is 12.6 Å². The van der Waals surface area contributed by atoms with E-state index in [-0.39, 0.29) is 34.2 Å². The van der Waals surface area contributed by atoms with Gasteiger partial charge >= 0.3 is 0 Å². The Balaban J connectivity index is 1.89. The van der Waals surface area contributed by atoms with Gasteiger partial charge in [0.1, 0.15) is 12.6 Å². The summed E-state index contributed by atoms with van der Waals surface area (Å²) >= 11 is 12.1. The topological polar surface area (TPSA) is 86.8 Å². The average molecular weight is 541 g/mol. The summed E-state index contributed by atoms with van der Waals surface area (Å²) < 4.78 is 26.2. The van der Waals surface area contributed by atoms with Crippen LogP contribution in [0.1, 0.15) is 43.7 Å². The van der Waals surface area contributed by atoms with Crippen LogP contribution in [-0.4, -0.2) is 50.0 Å². The minimum Gasteiger partial charge on any atom is -0.352 e. The van der Waals surface area contributed by atoms with Crippen molar-refractivity contribution in [3.05, 3.63) is 63.6 Å². The van der Waals surface area contributed by atoms with Crippen molar-refractivity contribution in [2.24, 2.45) is 0 Å². The second-order valence-electron chi connectivity index (χ2n) is 9.04. The van der Waals surface area contributed by atoms with Crippen LogP contribution >= 0.6 is 23.2 Å². The summed E-state index contributed by atoms with van der Waals surface area (Å²) in [5.41, 5.74) is 2.08. The number of rotatable bonds is 9. The summed E-state index contributed by atoms with van der Waals surface area (Å²) in [4.78, 5) is 28.1. The molecule has 0 aliphatic heterocycles. The Morgan fingerprint density at radius 1 is 1.09 bits per heavy atom. The molecule has 0 unspecified atom stereocenters. The van der Waals surface area contributed by atoms with Crippen LogP contribution in [0.3, 0.4) is 0 Å². The minimum absolute atomic E-state index is 0.101. The molecule has 2 aromatic rings. The first kappa shape index (κ1) is 27.3. The highest BCUT2D eigenvalue weighted by molar-refractivity contribution is 7.92. The molecule has 0 aromatic heterocycles. The third-order valence-electron chi connectivity index (χ3n) is 6.17. The number of carbonyl (C=O) groups is 2. The van der Waals surface area contributed by atoms with Gasteiger partial charge in [-0.3, -0.25) is 13.9 Å². The molecule has 1 atom stereocenters. The van der Waals surface area contributed by atoms with E-state index in [1.54, 1.807) is 6.92 Å². The van der Waals surface area contributed by atoms with Crippen molar-refractivity contribution in [1.82, 2.24) is 10.2 Å². The number of benzene rings is 2. The number of nitrogens with one attached hydrogen (secondary N) is 1. The number of sulfonamides is 1. The molecule has 0 radical (unpaired) electrons. The Labute approximate surface area is 217 Å². The normalized spacial score (nSPS) is 15.0. The average Bonchev–Trinajstić information content (AvgIpc) is 3.29. The van der Waals surface area contributed by atoms with Crippen LogP contribution in [0.5, 0.6) is 0 Å². The lowest BCUT2D eigenvalue weighted by Gasteiger charge is -2.32. The molecule has 1 aliphatic rings. The number of nitrogens with zero attached hydrogens (tertiary/aromatic N) is 2. The van der Waals surface area contributed by atoms with Crippen LogP contribution in [0.15, 0.2) is 42.5 Å². The van der Waals surface area contributed by atoms with Gasteiger partial charge in [0.25, 0.3) is 0 Å². The molecule has 10 heteroatoms. The highest BCUT2D eigenvalue weighted by Gasteiger charge is 2.31. The van der Waals surface area contributed by atoms with E-state index in [4.69, 9.17) is 23.2 Å². The maximum Gasteiger partial charge on any atom is 0.244 e. The molecule has 35 heavy (non-hydrogen) atoms. The predicted octanol–water partition coefficient (Wildman–Crippen LogP) is 4.54. The van der Waals surface area contributed by atoms with Gasteiger partial charge in [-0.05, 0) is 50.5 Å². The quantitative estimate of drug-likeness (QED) is 0.506. The highest BCUT2D eigenvalue weighted by atomic mass is 35.5. The molecule has 0 saturated heterocycles. The zero-order chi connectivity index (χ0) is 25.8. The van der Waals surface area contributed by atoms with E-state index < -0.39 is 28.5 Å². The molecule has 0 bridgehead atoms. The van der Waals surface area contributed by atoms with E-state index in [1.807, 2.05) is 31.2 Å². The van der Waals surface area contributed by atoms with E-state index in [2.05, 4.69) is 5.32 Å². The zero-order valence-electron chi connectivity index (χ0n) is 20.1. The van der Waals surface area contributed by atoms with E-state index >= 15 is 0 Å². The van der Waals surface area contributed by atoms with Crippen molar-refractivity contribution < 1.29 is 18.0 Å². The number of amides is 2. The van der Waals surface area contributed by atoms with Gasteiger partial charge in [-0.1, -0.05) is 65.9 Å². The Morgan fingerprint density at radius 3 is 2.37 bits per heavy atom. The predicted molar refractivity (Wildman–Crippen MR) is 140 cm³/mol. The number of carbonyl (C=O) groups excluding carboxylic acids is 2.